The molecule has 0 N–H and O–H groups in total. The Balaban J connectivity index is 1.42. The highest BCUT2D eigenvalue weighted by Crippen LogP contribution is 2.37. The van der Waals surface area contributed by atoms with Crippen molar-refractivity contribution in [3.05, 3.63) is 82.9 Å². The Hall–Kier alpha value is -2.66. The molecule has 0 bridgehead atoms. The largest absolute Gasteiger partial charge is 0.373 e. The van der Waals surface area contributed by atoms with Crippen LogP contribution in [0, 0.1) is 29.2 Å². The van der Waals surface area contributed by atoms with Crippen molar-refractivity contribution in [2.45, 2.75) is 90.6 Å². The molecule has 1 nitrogen and oxygen atoms in total. The molecule has 1 aliphatic rings. The molecule has 4 rings (SSSR count). The predicted molar refractivity (Wildman–Crippen MR) is 151 cm³/mol. The summed E-state index contributed by atoms with van der Waals surface area (Å²) >= 11 is 0. The van der Waals surface area contributed by atoms with Crippen LogP contribution in [0.2, 0.25) is 0 Å². The first-order chi connectivity index (χ1) is 18.9. The minimum atomic E-state index is -0.917. The van der Waals surface area contributed by atoms with Gasteiger partial charge in [0.15, 0.2) is 23.3 Å². The molecule has 1 saturated heterocycles. The van der Waals surface area contributed by atoms with Gasteiger partial charge in [-0.25, -0.2) is 17.6 Å². The summed E-state index contributed by atoms with van der Waals surface area (Å²) in [6.07, 6.45) is 10.7. The standard InChI is InChI=1S/C34H40F4O/c1-3-5-7-8-9-10-23-12-21-30(39-22-23)29-20-19-28(33(37)34(29)38)25-15-13-24(14-16-25)27-18-17-26(11-6-4-2)31(35)32(27)36/h13-20,23,30H,3-12,21-22H2,1-2H3. The van der Waals surface area contributed by atoms with E-state index in [9.17, 15) is 8.78 Å². The number of halogens is 4. The third-order valence-electron chi connectivity index (χ3n) is 8.01. The van der Waals surface area contributed by atoms with E-state index in [-0.39, 0.29) is 16.7 Å². The molecule has 0 spiro atoms. The van der Waals surface area contributed by atoms with Gasteiger partial charge in [-0.3, -0.25) is 0 Å². The van der Waals surface area contributed by atoms with Gasteiger partial charge in [-0.1, -0.05) is 101 Å². The van der Waals surface area contributed by atoms with Gasteiger partial charge >= 0.3 is 0 Å². The zero-order valence-electron chi connectivity index (χ0n) is 23.2. The van der Waals surface area contributed by atoms with Gasteiger partial charge in [-0.2, -0.15) is 0 Å². The van der Waals surface area contributed by atoms with Crippen molar-refractivity contribution in [1.29, 1.82) is 0 Å². The minimum Gasteiger partial charge on any atom is -0.373 e. The number of hydrogen-bond donors (Lipinski definition) is 0. The van der Waals surface area contributed by atoms with Crippen LogP contribution in [0.15, 0.2) is 48.5 Å². The highest BCUT2D eigenvalue weighted by molar-refractivity contribution is 5.71. The molecular weight excluding hydrogens is 500 g/mol. The van der Waals surface area contributed by atoms with Crippen LogP contribution >= 0.6 is 0 Å². The second kappa shape index (κ2) is 14.1. The third-order valence-corrected chi connectivity index (χ3v) is 8.01. The first-order valence-corrected chi connectivity index (χ1v) is 14.6. The molecule has 0 saturated carbocycles. The summed E-state index contributed by atoms with van der Waals surface area (Å²) in [6, 6.07) is 12.8. The van der Waals surface area contributed by atoms with Crippen LogP contribution in [-0.4, -0.2) is 6.61 Å². The summed E-state index contributed by atoms with van der Waals surface area (Å²) in [5.74, 6) is -3.02. The molecule has 2 atom stereocenters. The fraction of sp³-hybridized carbons (Fsp3) is 0.471. The number of aryl methyl sites for hydroxylation is 1. The number of benzene rings is 3. The van der Waals surface area contributed by atoms with E-state index in [1.807, 2.05) is 6.92 Å². The summed E-state index contributed by atoms with van der Waals surface area (Å²) in [7, 11) is 0. The normalized spacial score (nSPS) is 17.5. The Morgan fingerprint density at radius 2 is 1.26 bits per heavy atom. The van der Waals surface area contributed by atoms with E-state index in [0.717, 1.165) is 25.7 Å². The van der Waals surface area contributed by atoms with Gasteiger partial charge in [0.1, 0.15) is 0 Å². The molecule has 5 heteroatoms. The Kier molecular flexibility index (Phi) is 10.6. The smallest absolute Gasteiger partial charge is 0.167 e. The first-order valence-electron chi connectivity index (χ1n) is 14.6. The van der Waals surface area contributed by atoms with Crippen LogP contribution in [0.25, 0.3) is 22.3 Å². The van der Waals surface area contributed by atoms with Gasteiger partial charge in [0, 0.05) is 16.7 Å². The fourth-order valence-corrected chi connectivity index (χ4v) is 5.55. The zero-order chi connectivity index (χ0) is 27.8. The maximum absolute atomic E-state index is 15.2. The zero-order valence-corrected chi connectivity index (χ0v) is 23.2. The van der Waals surface area contributed by atoms with Gasteiger partial charge in [0.25, 0.3) is 0 Å². The number of rotatable bonds is 12. The van der Waals surface area contributed by atoms with Crippen LogP contribution in [0.5, 0.6) is 0 Å². The van der Waals surface area contributed by atoms with E-state index in [1.54, 1.807) is 48.5 Å². The molecule has 1 fully saturated rings. The second-order valence-electron chi connectivity index (χ2n) is 10.9. The van der Waals surface area contributed by atoms with Crippen LogP contribution in [0.3, 0.4) is 0 Å². The molecule has 3 aromatic carbocycles. The Morgan fingerprint density at radius 3 is 1.87 bits per heavy atom. The maximum atomic E-state index is 15.2. The van der Waals surface area contributed by atoms with Gasteiger partial charge < -0.3 is 4.74 Å². The molecule has 39 heavy (non-hydrogen) atoms. The summed E-state index contributed by atoms with van der Waals surface area (Å²) in [6.45, 7) is 4.79. The lowest BCUT2D eigenvalue weighted by molar-refractivity contribution is -0.0218. The van der Waals surface area contributed by atoms with E-state index < -0.39 is 29.4 Å². The Bertz CT molecular complexity index is 1210. The fourth-order valence-electron chi connectivity index (χ4n) is 5.55. The van der Waals surface area contributed by atoms with Crippen molar-refractivity contribution in [2.24, 2.45) is 5.92 Å². The van der Waals surface area contributed by atoms with Crippen molar-refractivity contribution in [3.8, 4) is 22.3 Å². The van der Waals surface area contributed by atoms with E-state index >= 15 is 8.78 Å². The molecule has 0 radical (unpaired) electrons. The molecule has 1 heterocycles. The Labute approximate surface area is 230 Å². The van der Waals surface area contributed by atoms with Gasteiger partial charge in [0.05, 0.1) is 12.7 Å². The molecule has 0 amide bonds. The number of ether oxygens (including phenoxy) is 1. The SMILES string of the molecule is CCCCCCCC1CCC(c2ccc(-c3ccc(-c4ccc(CCCC)c(F)c4F)cc3)c(F)c2F)OC1. The highest BCUT2D eigenvalue weighted by atomic mass is 19.2. The summed E-state index contributed by atoms with van der Waals surface area (Å²) in [5.41, 5.74) is 1.85. The molecule has 0 aromatic heterocycles. The molecule has 3 aromatic rings. The first kappa shape index (κ1) is 29.3. The van der Waals surface area contributed by atoms with Gasteiger partial charge in [0.2, 0.25) is 0 Å². The molecule has 0 aliphatic carbocycles. The maximum Gasteiger partial charge on any atom is 0.167 e. The summed E-state index contributed by atoms with van der Waals surface area (Å²) in [4.78, 5) is 0. The van der Waals surface area contributed by atoms with Crippen LogP contribution in [0.4, 0.5) is 17.6 Å². The van der Waals surface area contributed by atoms with Crippen molar-refractivity contribution < 1.29 is 22.3 Å². The Morgan fingerprint density at radius 1 is 0.641 bits per heavy atom. The summed E-state index contributed by atoms with van der Waals surface area (Å²) in [5, 5.41) is 0. The summed E-state index contributed by atoms with van der Waals surface area (Å²) < 4.78 is 65.7. The number of hydrogen-bond acceptors (Lipinski definition) is 1. The third kappa shape index (κ3) is 7.11. The molecule has 210 valence electrons. The topological polar surface area (TPSA) is 9.23 Å². The lowest BCUT2D eigenvalue weighted by atomic mass is 9.90. The van der Waals surface area contributed by atoms with Gasteiger partial charge in [-0.15, -0.1) is 0 Å². The lowest BCUT2D eigenvalue weighted by Crippen LogP contribution is -2.21. The van der Waals surface area contributed by atoms with E-state index in [4.69, 9.17) is 4.74 Å². The molecule has 2 unspecified atom stereocenters. The quantitative estimate of drug-likeness (QED) is 0.164. The lowest BCUT2D eigenvalue weighted by Gasteiger charge is -2.30. The van der Waals surface area contributed by atoms with Crippen LogP contribution in [-0.2, 0) is 11.2 Å². The van der Waals surface area contributed by atoms with Crippen LogP contribution in [0.1, 0.15) is 95.3 Å². The second-order valence-corrected chi connectivity index (χ2v) is 10.9. The number of unbranched alkanes of at least 4 members (excludes halogenated alkanes) is 5. The van der Waals surface area contributed by atoms with E-state index in [2.05, 4.69) is 6.92 Å². The van der Waals surface area contributed by atoms with Gasteiger partial charge in [-0.05, 0) is 54.7 Å². The monoisotopic (exact) mass is 540 g/mol. The van der Waals surface area contributed by atoms with Crippen molar-refractivity contribution in [1.82, 2.24) is 0 Å². The average Bonchev–Trinajstić information content (AvgIpc) is 2.96. The molecule has 1 aliphatic heterocycles. The highest BCUT2D eigenvalue weighted by Gasteiger charge is 2.27. The van der Waals surface area contributed by atoms with E-state index in [1.165, 1.54) is 32.1 Å². The van der Waals surface area contributed by atoms with Crippen LogP contribution < -0.4 is 0 Å². The van der Waals surface area contributed by atoms with E-state index in [0.29, 0.717) is 42.1 Å². The molecular formula is C34H40F4O. The van der Waals surface area contributed by atoms with Crippen molar-refractivity contribution in [2.75, 3.05) is 6.61 Å². The van der Waals surface area contributed by atoms with Crippen molar-refractivity contribution >= 4 is 0 Å². The predicted octanol–water partition coefficient (Wildman–Crippen LogP) is 10.7. The minimum absolute atomic E-state index is 0.130. The average molecular weight is 541 g/mol. The van der Waals surface area contributed by atoms with Crippen molar-refractivity contribution in [3.63, 3.8) is 0 Å².